The largest absolute Gasteiger partial charge is 0.370 e. The summed E-state index contributed by atoms with van der Waals surface area (Å²) in [6.45, 7) is 1.87. The lowest BCUT2D eigenvalue weighted by Crippen LogP contribution is -2.21. The van der Waals surface area contributed by atoms with E-state index in [0.29, 0.717) is 49.7 Å². The van der Waals surface area contributed by atoms with Crippen LogP contribution in [0.25, 0.3) is 0 Å². The summed E-state index contributed by atoms with van der Waals surface area (Å²) in [6.07, 6.45) is 9.43. The Balaban J connectivity index is 1.04. The Morgan fingerprint density at radius 2 is 1.57 bits per heavy atom. The fourth-order valence-corrected chi connectivity index (χ4v) is 3.70. The van der Waals surface area contributed by atoms with E-state index in [1.165, 1.54) is 19.3 Å². The van der Waals surface area contributed by atoms with Crippen LogP contribution in [-0.4, -0.2) is 50.3 Å². The fourth-order valence-electron chi connectivity index (χ4n) is 3.70. The Bertz CT molecular complexity index is 426. The molecule has 6 unspecified atom stereocenters. The monoisotopic (exact) mass is 292 g/mol. The van der Waals surface area contributed by atoms with E-state index in [2.05, 4.69) is 11.8 Å². The molecule has 2 saturated carbocycles. The van der Waals surface area contributed by atoms with Gasteiger partial charge in [-0.05, 0) is 38.0 Å². The van der Waals surface area contributed by atoms with Gasteiger partial charge < -0.3 is 18.9 Å². The van der Waals surface area contributed by atoms with Crippen molar-refractivity contribution in [1.82, 2.24) is 0 Å². The number of hydrogen-bond acceptors (Lipinski definition) is 4. The molecule has 0 aromatic carbocycles. The van der Waals surface area contributed by atoms with Crippen LogP contribution < -0.4 is 0 Å². The molecule has 2 heterocycles. The first-order chi connectivity index (χ1) is 10.4. The molecule has 4 nitrogen and oxygen atoms in total. The highest BCUT2D eigenvalue weighted by Gasteiger charge is 2.44. The third kappa shape index (κ3) is 3.78. The van der Waals surface area contributed by atoms with Crippen molar-refractivity contribution in [3.05, 3.63) is 0 Å². The van der Waals surface area contributed by atoms with Crippen molar-refractivity contribution in [3.8, 4) is 11.8 Å². The second-order valence-electron chi connectivity index (χ2n) is 6.72. The molecule has 4 heteroatoms. The average Bonchev–Trinajstić information content (AvgIpc) is 3.39. The number of hydrogen-bond donors (Lipinski definition) is 0. The quantitative estimate of drug-likeness (QED) is 0.441. The van der Waals surface area contributed by atoms with Crippen molar-refractivity contribution in [2.45, 2.75) is 69.0 Å². The predicted octanol–water partition coefficient (Wildman–Crippen LogP) is 1.91. The minimum absolute atomic E-state index is 0.345. The smallest absolute Gasteiger partial charge is 0.108 e. The van der Waals surface area contributed by atoms with Crippen molar-refractivity contribution < 1.29 is 18.9 Å². The number of rotatable bonds is 5. The molecule has 4 rings (SSSR count). The molecule has 0 N–H and O–H groups in total. The Morgan fingerprint density at radius 3 is 2.38 bits per heavy atom. The predicted molar refractivity (Wildman–Crippen MR) is 76.8 cm³/mol. The van der Waals surface area contributed by atoms with Crippen LogP contribution in [0.1, 0.15) is 38.5 Å². The van der Waals surface area contributed by atoms with Crippen LogP contribution in [0, 0.1) is 17.8 Å². The van der Waals surface area contributed by atoms with E-state index in [1.54, 1.807) is 0 Å². The zero-order valence-corrected chi connectivity index (χ0v) is 12.5. The van der Waals surface area contributed by atoms with Crippen molar-refractivity contribution in [2.24, 2.45) is 5.92 Å². The van der Waals surface area contributed by atoms with Gasteiger partial charge in [-0.15, -0.1) is 0 Å². The molecule has 6 atom stereocenters. The van der Waals surface area contributed by atoms with Crippen molar-refractivity contribution >= 4 is 0 Å². The molecule has 116 valence electrons. The summed E-state index contributed by atoms with van der Waals surface area (Å²) < 4.78 is 22.4. The zero-order valence-electron chi connectivity index (χ0n) is 12.5. The minimum atomic E-state index is 0.345. The highest BCUT2D eigenvalue weighted by Crippen LogP contribution is 2.39. The number of fused-ring (bicyclic) bond motifs is 2. The van der Waals surface area contributed by atoms with E-state index in [0.717, 1.165) is 25.9 Å². The molecule has 0 radical (unpaired) electrons. The van der Waals surface area contributed by atoms with E-state index in [9.17, 15) is 0 Å². The summed E-state index contributed by atoms with van der Waals surface area (Å²) in [6, 6.07) is 0. The molecule has 4 fully saturated rings. The maximum absolute atomic E-state index is 5.77. The van der Waals surface area contributed by atoms with Gasteiger partial charge in [-0.3, -0.25) is 0 Å². The van der Waals surface area contributed by atoms with Gasteiger partial charge in [-0.25, -0.2) is 0 Å². The molecule has 2 aliphatic carbocycles. The van der Waals surface area contributed by atoms with Crippen molar-refractivity contribution in [2.75, 3.05) is 19.8 Å². The van der Waals surface area contributed by atoms with Gasteiger partial charge in [0.25, 0.3) is 0 Å². The first-order valence-electron chi connectivity index (χ1n) is 8.34. The molecule has 0 bridgehead atoms. The van der Waals surface area contributed by atoms with Crippen LogP contribution in [0.15, 0.2) is 0 Å². The summed E-state index contributed by atoms with van der Waals surface area (Å²) in [4.78, 5) is 0. The number of ether oxygens (including phenoxy) is 4. The van der Waals surface area contributed by atoms with Crippen LogP contribution in [0.3, 0.4) is 0 Å². The van der Waals surface area contributed by atoms with E-state index < -0.39 is 0 Å². The standard InChI is InChI=1S/C17H24O4/c1(2-8-19-13-4-6-15-17(10-13)21-15)7-18-11-12-3-5-14-16(9-12)20-14/h12-17H,3-11H2. The molecular formula is C17H24O4. The highest BCUT2D eigenvalue weighted by molar-refractivity contribution is 5.00. The molecule has 0 amide bonds. The molecule has 0 spiro atoms. The Hall–Kier alpha value is -0.600. The summed E-state index contributed by atoms with van der Waals surface area (Å²) >= 11 is 0. The lowest BCUT2D eigenvalue weighted by atomic mass is 9.90. The van der Waals surface area contributed by atoms with Crippen LogP contribution >= 0.6 is 0 Å². The maximum atomic E-state index is 5.77. The van der Waals surface area contributed by atoms with Gasteiger partial charge in [-0.2, -0.15) is 0 Å². The second-order valence-corrected chi connectivity index (χ2v) is 6.72. The highest BCUT2D eigenvalue weighted by atomic mass is 16.6. The Morgan fingerprint density at radius 1 is 0.810 bits per heavy atom. The molecular weight excluding hydrogens is 268 g/mol. The Kier molecular flexibility index (Phi) is 4.18. The average molecular weight is 292 g/mol. The first kappa shape index (κ1) is 14.0. The molecule has 2 saturated heterocycles. The van der Waals surface area contributed by atoms with Gasteiger partial charge in [0.05, 0.1) is 37.1 Å². The molecule has 4 aliphatic rings. The first-order valence-corrected chi connectivity index (χ1v) is 8.34. The lowest BCUT2D eigenvalue weighted by Gasteiger charge is -2.18. The summed E-state index contributed by atoms with van der Waals surface area (Å²) in [5.41, 5.74) is 0. The van der Waals surface area contributed by atoms with E-state index in [-0.39, 0.29) is 0 Å². The zero-order chi connectivity index (χ0) is 14.1. The van der Waals surface area contributed by atoms with Gasteiger partial charge in [0.1, 0.15) is 13.2 Å². The number of epoxide rings is 2. The molecule has 21 heavy (non-hydrogen) atoms. The van der Waals surface area contributed by atoms with Gasteiger partial charge in [0.2, 0.25) is 0 Å². The second kappa shape index (κ2) is 6.26. The van der Waals surface area contributed by atoms with E-state index in [4.69, 9.17) is 18.9 Å². The third-order valence-corrected chi connectivity index (χ3v) is 5.11. The summed E-state index contributed by atoms with van der Waals surface area (Å²) in [5, 5.41) is 0. The van der Waals surface area contributed by atoms with E-state index >= 15 is 0 Å². The summed E-state index contributed by atoms with van der Waals surface area (Å²) in [5.74, 6) is 6.77. The Labute approximate surface area is 126 Å². The van der Waals surface area contributed by atoms with Gasteiger partial charge in [-0.1, -0.05) is 11.8 Å². The van der Waals surface area contributed by atoms with Gasteiger partial charge >= 0.3 is 0 Å². The topological polar surface area (TPSA) is 43.5 Å². The maximum Gasteiger partial charge on any atom is 0.108 e. The van der Waals surface area contributed by atoms with Crippen LogP contribution in [-0.2, 0) is 18.9 Å². The van der Waals surface area contributed by atoms with Gasteiger partial charge in [0.15, 0.2) is 0 Å². The minimum Gasteiger partial charge on any atom is -0.370 e. The lowest BCUT2D eigenvalue weighted by molar-refractivity contribution is 0.0548. The normalized spacial score (nSPS) is 43.2. The van der Waals surface area contributed by atoms with E-state index in [1.807, 2.05) is 0 Å². The summed E-state index contributed by atoms with van der Waals surface area (Å²) in [7, 11) is 0. The SMILES string of the molecule is C(#CCOC1CCC2OC2C1)COCC1CCC2OC2C1. The molecule has 0 aromatic rings. The van der Waals surface area contributed by atoms with Crippen LogP contribution in [0.5, 0.6) is 0 Å². The fraction of sp³-hybridized carbons (Fsp3) is 0.882. The molecule has 0 aromatic heterocycles. The van der Waals surface area contributed by atoms with Crippen LogP contribution in [0.4, 0.5) is 0 Å². The van der Waals surface area contributed by atoms with Crippen molar-refractivity contribution in [3.63, 3.8) is 0 Å². The third-order valence-electron chi connectivity index (χ3n) is 5.11. The van der Waals surface area contributed by atoms with Gasteiger partial charge in [0, 0.05) is 6.42 Å². The van der Waals surface area contributed by atoms with Crippen molar-refractivity contribution in [1.29, 1.82) is 0 Å². The van der Waals surface area contributed by atoms with Crippen LogP contribution in [0.2, 0.25) is 0 Å². The molecule has 2 aliphatic heterocycles.